The van der Waals surface area contributed by atoms with E-state index in [0.717, 1.165) is 25.8 Å². The van der Waals surface area contributed by atoms with Crippen molar-refractivity contribution in [2.45, 2.75) is 0 Å². The molecular weight excluding hydrogens is 363 g/mol. The number of rotatable bonds is 1. The standard InChI is InChI=1S/C13H7Br2FN2/c14-9-5-11(15)13-17-12(7-18(13)6-9)8-1-3-10(16)4-2-8/h1-7H. The van der Waals surface area contributed by atoms with Crippen LogP contribution in [0.5, 0.6) is 0 Å². The van der Waals surface area contributed by atoms with Crippen molar-refractivity contribution in [1.82, 2.24) is 9.38 Å². The van der Waals surface area contributed by atoms with Crippen molar-refractivity contribution in [2.75, 3.05) is 0 Å². The third kappa shape index (κ3) is 2.08. The highest BCUT2D eigenvalue weighted by atomic mass is 79.9. The summed E-state index contributed by atoms with van der Waals surface area (Å²) in [6.07, 6.45) is 3.85. The quantitative estimate of drug-likeness (QED) is 0.609. The molecule has 3 aromatic rings. The topological polar surface area (TPSA) is 17.3 Å². The summed E-state index contributed by atoms with van der Waals surface area (Å²) in [7, 11) is 0. The molecule has 0 N–H and O–H groups in total. The summed E-state index contributed by atoms with van der Waals surface area (Å²) >= 11 is 6.90. The number of fused-ring (bicyclic) bond motifs is 1. The molecule has 0 saturated heterocycles. The van der Waals surface area contributed by atoms with E-state index in [-0.39, 0.29) is 5.82 Å². The van der Waals surface area contributed by atoms with Gasteiger partial charge in [0.2, 0.25) is 0 Å². The fourth-order valence-electron chi connectivity index (χ4n) is 1.78. The van der Waals surface area contributed by atoms with Crippen molar-refractivity contribution < 1.29 is 4.39 Å². The molecule has 0 aliphatic heterocycles. The fourth-order valence-corrected chi connectivity index (χ4v) is 3.08. The van der Waals surface area contributed by atoms with E-state index in [1.54, 1.807) is 12.1 Å². The van der Waals surface area contributed by atoms with E-state index in [0.29, 0.717) is 0 Å². The van der Waals surface area contributed by atoms with Crippen molar-refractivity contribution in [3.63, 3.8) is 0 Å². The Bertz CT molecular complexity index is 720. The molecule has 0 atom stereocenters. The Kier molecular flexibility index (Phi) is 2.95. The Morgan fingerprint density at radius 3 is 2.50 bits per heavy atom. The average Bonchev–Trinajstić information content (AvgIpc) is 2.74. The van der Waals surface area contributed by atoms with Gasteiger partial charge in [-0.05, 0) is 62.2 Å². The smallest absolute Gasteiger partial charge is 0.151 e. The number of halogens is 3. The molecule has 3 rings (SSSR count). The first-order chi connectivity index (χ1) is 8.63. The maximum Gasteiger partial charge on any atom is 0.151 e. The van der Waals surface area contributed by atoms with Crippen molar-refractivity contribution in [2.24, 2.45) is 0 Å². The van der Waals surface area contributed by atoms with Gasteiger partial charge in [-0.2, -0.15) is 0 Å². The summed E-state index contributed by atoms with van der Waals surface area (Å²) in [5, 5.41) is 0. The molecule has 2 aromatic heterocycles. The van der Waals surface area contributed by atoms with Crippen LogP contribution in [0.25, 0.3) is 16.9 Å². The monoisotopic (exact) mass is 368 g/mol. The number of hydrogen-bond acceptors (Lipinski definition) is 1. The number of benzene rings is 1. The number of aromatic nitrogens is 2. The number of hydrogen-bond donors (Lipinski definition) is 0. The summed E-state index contributed by atoms with van der Waals surface area (Å²) in [6, 6.07) is 8.26. The minimum atomic E-state index is -0.244. The van der Waals surface area contributed by atoms with Crippen LogP contribution in [0, 0.1) is 5.82 Å². The minimum Gasteiger partial charge on any atom is -0.304 e. The molecule has 90 valence electrons. The van der Waals surface area contributed by atoms with Gasteiger partial charge in [0, 0.05) is 22.4 Å². The van der Waals surface area contributed by atoms with Gasteiger partial charge in [0.1, 0.15) is 5.82 Å². The normalized spacial score (nSPS) is 11.1. The van der Waals surface area contributed by atoms with Gasteiger partial charge >= 0.3 is 0 Å². The third-order valence-corrected chi connectivity index (χ3v) is 3.63. The van der Waals surface area contributed by atoms with E-state index in [1.807, 2.05) is 22.9 Å². The SMILES string of the molecule is Fc1ccc(-c2cn3cc(Br)cc(Br)c3n2)cc1. The Balaban J connectivity index is 2.19. The lowest BCUT2D eigenvalue weighted by Gasteiger charge is -1.96. The zero-order valence-corrected chi connectivity index (χ0v) is 12.2. The molecular formula is C13H7Br2FN2. The van der Waals surface area contributed by atoms with Crippen molar-refractivity contribution in [1.29, 1.82) is 0 Å². The Morgan fingerprint density at radius 2 is 1.78 bits per heavy atom. The number of imidazole rings is 1. The second-order valence-corrected chi connectivity index (χ2v) is 5.64. The Labute approximate surface area is 120 Å². The minimum absolute atomic E-state index is 0.244. The second kappa shape index (κ2) is 4.48. The van der Waals surface area contributed by atoms with Crippen molar-refractivity contribution >= 4 is 37.5 Å². The molecule has 0 aliphatic rings. The van der Waals surface area contributed by atoms with Crippen LogP contribution in [0.1, 0.15) is 0 Å². The molecule has 0 spiro atoms. The van der Waals surface area contributed by atoms with Gasteiger partial charge in [-0.15, -0.1) is 0 Å². The van der Waals surface area contributed by atoms with Crippen LogP contribution >= 0.6 is 31.9 Å². The highest BCUT2D eigenvalue weighted by molar-refractivity contribution is 9.11. The van der Waals surface area contributed by atoms with E-state index in [1.165, 1.54) is 12.1 Å². The average molecular weight is 370 g/mol. The van der Waals surface area contributed by atoms with E-state index < -0.39 is 0 Å². The lowest BCUT2D eigenvalue weighted by Crippen LogP contribution is -1.83. The van der Waals surface area contributed by atoms with Crippen molar-refractivity contribution in [3.8, 4) is 11.3 Å². The molecule has 5 heteroatoms. The van der Waals surface area contributed by atoms with E-state index >= 15 is 0 Å². The number of pyridine rings is 1. The molecule has 1 aromatic carbocycles. The highest BCUT2D eigenvalue weighted by Crippen LogP contribution is 2.26. The Morgan fingerprint density at radius 1 is 1.06 bits per heavy atom. The molecule has 2 nitrogen and oxygen atoms in total. The first-order valence-corrected chi connectivity index (χ1v) is 6.82. The zero-order chi connectivity index (χ0) is 12.7. The van der Waals surface area contributed by atoms with Crippen LogP contribution in [-0.2, 0) is 0 Å². The summed E-state index contributed by atoms with van der Waals surface area (Å²) in [5.74, 6) is -0.244. The van der Waals surface area contributed by atoms with Crippen LogP contribution in [0.15, 0.2) is 51.7 Å². The molecule has 0 saturated carbocycles. The Hall–Kier alpha value is -1.20. The van der Waals surface area contributed by atoms with E-state index in [4.69, 9.17) is 0 Å². The van der Waals surface area contributed by atoms with Gasteiger partial charge in [-0.1, -0.05) is 0 Å². The number of nitrogens with zero attached hydrogens (tertiary/aromatic N) is 2. The van der Waals surface area contributed by atoms with Crippen LogP contribution in [-0.4, -0.2) is 9.38 Å². The maximum atomic E-state index is 12.9. The molecule has 18 heavy (non-hydrogen) atoms. The zero-order valence-electron chi connectivity index (χ0n) is 9.07. The largest absolute Gasteiger partial charge is 0.304 e. The molecule has 0 unspecified atom stereocenters. The van der Waals surface area contributed by atoms with Crippen LogP contribution in [0.4, 0.5) is 4.39 Å². The summed E-state index contributed by atoms with van der Waals surface area (Å²) in [4.78, 5) is 4.53. The van der Waals surface area contributed by atoms with E-state index in [9.17, 15) is 4.39 Å². The van der Waals surface area contributed by atoms with Crippen molar-refractivity contribution in [3.05, 3.63) is 57.5 Å². The molecule has 0 fully saturated rings. The predicted octanol–water partition coefficient (Wildman–Crippen LogP) is 4.67. The van der Waals surface area contributed by atoms with Gasteiger partial charge in [0.05, 0.1) is 10.2 Å². The summed E-state index contributed by atoms with van der Waals surface area (Å²) in [5.41, 5.74) is 2.54. The van der Waals surface area contributed by atoms with Gasteiger partial charge in [0.15, 0.2) is 5.65 Å². The van der Waals surface area contributed by atoms with Gasteiger partial charge in [-0.3, -0.25) is 0 Å². The lowest BCUT2D eigenvalue weighted by molar-refractivity contribution is 0.628. The van der Waals surface area contributed by atoms with Gasteiger partial charge in [-0.25, -0.2) is 9.37 Å². The maximum absolute atomic E-state index is 12.9. The predicted molar refractivity (Wildman–Crippen MR) is 76.0 cm³/mol. The van der Waals surface area contributed by atoms with Crippen LogP contribution < -0.4 is 0 Å². The molecule has 2 heterocycles. The first kappa shape index (κ1) is 11.9. The highest BCUT2D eigenvalue weighted by Gasteiger charge is 2.08. The van der Waals surface area contributed by atoms with Crippen LogP contribution in [0.3, 0.4) is 0 Å². The van der Waals surface area contributed by atoms with Crippen LogP contribution in [0.2, 0.25) is 0 Å². The fraction of sp³-hybridized carbons (Fsp3) is 0. The molecule has 0 amide bonds. The van der Waals surface area contributed by atoms with E-state index in [2.05, 4.69) is 36.8 Å². The van der Waals surface area contributed by atoms with Gasteiger partial charge < -0.3 is 4.40 Å². The molecule has 0 bridgehead atoms. The molecule has 0 aliphatic carbocycles. The first-order valence-electron chi connectivity index (χ1n) is 5.23. The lowest BCUT2D eigenvalue weighted by atomic mass is 10.2. The summed E-state index contributed by atoms with van der Waals surface area (Å²) in [6.45, 7) is 0. The van der Waals surface area contributed by atoms with Gasteiger partial charge in [0.25, 0.3) is 0 Å². The summed E-state index contributed by atoms with van der Waals surface area (Å²) < 4.78 is 16.7. The second-order valence-electron chi connectivity index (χ2n) is 3.87. The third-order valence-electron chi connectivity index (χ3n) is 2.61. The molecule has 0 radical (unpaired) electrons.